The molecule has 0 aliphatic rings. The van der Waals surface area contributed by atoms with Crippen molar-refractivity contribution in [1.82, 2.24) is 5.32 Å². The van der Waals surface area contributed by atoms with Gasteiger partial charge in [-0.1, -0.05) is 220 Å². The van der Waals surface area contributed by atoms with E-state index in [0.717, 1.165) is 12.8 Å². The molecule has 3 heteroatoms. The molecule has 0 saturated heterocycles. The molecule has 3 nitrogen and oxygen atoms in total. The Kier molecular flexibility index (Phi) is 36.6. The molecule has 0 saturated carbocycles. The van der Waals surface area contributed by atoms with E-state index in [4.69, 9.17) is 11.5 Å². The van der Waals surface area contributed by atoms with E-state index in [-0.39, 0.29) is 12.1 Å². The van der Waals surface area contributed by atoms with Crippen LogP contribution in [-0.4, -0.2) is 24.2 Å². The number of rotatable bonds is 38. The molecule has 272 valence electrons. The van der Waals surface area contributed by atoms with E-state index in [1.54, 1.807) is 0 Å². The van der Waals surface area contributed by atoms with Gasteiger partial charge >= 0.3 is 0 Å². The van der Waals surface area contributed by atoms with Crippen LogP contribution in [0.4, 0.5) is 0 Å². The van der Waals surface area contributed by atoms with E-state index in [0.29, 0.717) is 12.1 Å². The average Bonchev–Trinajstić information content (AvgIpc) is 3.06. The van der Waals surface area contributed by atoms with Crippen LogP contribution >= 0.6 is 0 Å². The van der Waals surface area contributed by atoms with Gasteiger partial charge in [-0.15, -0.1) is 0 Å². The lowest BCUT2D eigenvalue weighted by atomic mass is 9.93. The van der Waals surface area contributed by atoms with Crippen molar-refractivity contribution in [3.63, 3.8) is 0 Å². The molecule has 0 spiro atoms. The Balaban J connectivity index is 3.96. The molecule has 4 atom stereocenters. The monoisotopic (exact) mass is 636 g/mol. The summed E-state index contributed by atoms with van der Waals surface area (Å²) in [7, 11) is 0. The van der Waals surface area contributed by atoms with Gasteiger partial charge < -0.3 is 16.8 Å². The molecule has 0 bridgehead atoms. The molecule has 4 unspecified atom stereocenters. The van der Waals surface area contributed by atoms with Crippen LogP contribution in [0.2, 0.25) is 0 Å². The summed E-state index contributed by atoms with van der Waals surface area (Å²) in [6.07, 6.45) is 47.1. The van der Waals surface area contributed by atoms with Crippen LogP contribution in [0.3, 0.4) is 0 Å². The summed E-state index contributed by atoms with van der Waals surface area (Å²) < 4.78 is 0. The van der Waals surface area contributed by atoms with Gasteiger partial charge in [0.1, 0.15) is 0 Å². The van der Waals surface area contributed by atoms with Crippen LogP contribution in [-0.2, 0) is 0 Å². The second kappa shape index (κ2) is 36.7. The maximum absolute atomic E-state index is 6.65. The van der Waals surface area contributed by atoms with Gasteiger partial charge in [-0.3, -0.25) is 0 Å². The van der Waals surface area contributed by atoms with Crippen LogP contribution in [0, 0.1) is 0 Å². The molecule has 0 aromatic carbocycles. The normalized spacial score (nSPS) is 14.5. The second-order valence-corrected chi connectivity index (χ2v) is 15.0. The van der Waals surface area contributed by atoms with Gasteiger partial charge in [-0.05, 0) is 25.7 Å². The summed E-state index contributed by atoms with van der Waals surface area (Å²) in [5.74, 6) is 0. The Morgan fingerprint density at radius 3 is 0.711 bits per heavy atom. The first-order valence-electron chi connectivity index (χ1n) is 21.4. The molecule has 0 amide bonds. The fourth-order valence-corrected chi connectivity index (χ4v) is 7.16. The first-order valence-corrected chi connectivity index (χ1v) is 21.4. The molecule has 0 aromatic rings. The van der Waals surface area contributed by atoms with E-state index in [2.05, 4.69) is 33.0 Å². The van der Waals surface area contributed by atoms with E-state index in [9.17, 15) is 0 Å². The second-order valence-electron chi connectivity index (χ2n) is 15.0. The summed E-state index contributed by atoms with van der Waals surface area (Å²) >= 11 is 0. The van der Waals surface area contributed by atoms with Crippen molar-refractivity contribution in [2.45, 2.75) is 270 Å². The highest BCUT2D eigenvalue weighted by Crippen LogP contribution is 2.18. The summed E-state index contributed by atoms with van der Waals surface area (Å²) in [5.41, 5.74) is 13.3. The number of hydrogen-bond donors (Lipinski definition) is 3. The molecular weight excluding hydrogens is 546 g/mol. The quantitative estimate of drug-likeness (QED) is 0.0591. The van der Waals surface area contributed by atoms with Gasteiger partial charge in [0, 0.05) is 24.2 Å². The molecule has 0 aromatic heterocycles. The maximum Gasteiger partial charge on any atom is 0.0222 e. The zero-order valence-electron chi connectivity index (χ0n) is 32.0. The van der Waals surface area contributed by atoms with E-state index in [1.807, 2.05) is 0 Å². The van der Waals surface area contributed by atoms with E-state index in [1.165, 1.54) is 205 Å². The lowest BCUT2D eigenvalue weighted by Gasteiger charge is -2.33. The smallest absolute Gasteiger partial charge is 0.0222 e. The van der Waals surface area contributed by atoms with Crippen molar-refractivity contribution in [3.05, 3.63) is 0 Å². The minimum Gasteiger partial charge on any atom is -0.326 e. The number of nitrogens with one attached hydrogen (secondary N) is 1. The van der Waals surface area contributed by atoms with Crippen molar-refractivity contribution in [2.24, 2.45) is 11.5 Å². The molecular formula is C42H89N3. The molecule has 0 radical (unpaired) electrons. The Labute approximate surface area is 286 Å². The van der Waals surface area contributed by atoms with Crippen molar-refractivity contribution in [2.75, 3.05) is 0 Å². The molecule has 0 rings (SSSR count). The van der Waals surface area contributed by atoms with Crippen molar-refractivity contribution in [3.8, 4) is 0 Å². The number of unbranched alkanes of at least 4 members (excludes halogenated alkanes) is 28. The largest absolute Gasteiger partial charge is 0.326 e. The molecule has 5 N–H and O–H groups in total. The third-order valence-corrected chi connectivity index (χ3v) is 10.6. The highest BCUT2D eigenvalue weighted by molar-refractivity contribution is 4.87. The van der Waals surface area contributed by atoms with Crippen molar-refractivity contribution >= 4 is 0 Å². The highest BCUT2D eigenvalue weighted by atomic mass is 15.0. The Hall–Kier alpha value is -0.120. The molecule has 0 heterocycles. The number of nitrogens with two attached hydrogens (primary N) is 2. The highest BCUT2D eigenvalue weighted by Gasteiger charge is 2.23. The van der Waals surface area contributed by atoms with Crippen LogP contribution in [0.5, 0.6) is 0 Å². The predicted octanol–water partition coefficient (Wildman–Crippen LogP) is 13.3. The zero-order chi connectivity index (χ0) is 33.1. The van der Waals surface area contributed by atoms with Crippen molar-refractivity contribution in [1.29, 1.82) is 0 Å². The fourth-order valence-electron chi connectivity index (χ4n) is 7.16. The molecule has 45 heavy (non-hydrogen) atoms. The average molecular weight is 636 g/mol. The van der Waals surface area contributed by atoms with Gasteiger partial charge in [0.05, 0.1) is 0 Å². The first-order chi connectivity index (χ1) is 22.1. The van der Waals surface area contributed by atoms with E-state index < -0.39 is 0 Å². The molecule has 0 fully saturated rings. The lowest BCUT2D eigenvalue weighted by Crippen LogP contribution is -2.54. The van der Waals surface area contributed by atoms with Crippen molar-refractivity contribution < 1.29 is 0 Å². The third kappa shape index (κ3) is 30.9. The Morgan fingerprint density at radius 1 is 0.311 bits per heavy atom. The van der Waals surface area contributed by atoms with Gasteiger partial charge in [-0.25, -0.2) is 0 Å². The first kappa shape index (κ1) is 44.9. The molecule has 0 aliphatic carbocycles. The molecule has 0 aliphatic heterocycles. The maximum atomic E-state index is 6.65. The minimum atomic E-state index is 0.240. The van der Waals surface area contributed by atoms with Crippen LogP contribution in [0.1, 0.15) is 246 Å². The summed E-state index contributed by atoms with van der Waals surface area (Å²) in [5, 5.41) is 4.00. The number of hydrogen-bond acceptors (Lipinski definition) is 3. The predicted molar refractivity (Wildman–Crippen MR) is 206 cm³/mol. The standard InChI is InChI=1S/C42H89N3/c1-5-9-11-13-15-17-19-21-23-25-27-29-31-33-35-37-41(39(43)7-3)45-42(40(44)8-4)38-36-34-32-30-28-26-24-22-20-18-16-14-12-10-6-2/h39-42,45H,5-38,43-44H2,1-4H3. The Morgan fingerprint density at radius 2 is 0.511 bits per heavy atom. The van der Waals surface area contributed by atoms with Gasteiger partial charge in [-0.2, -0.15) is 0 Å². The van der Waals surface area contributed by atoms with Gasteiger partial charge in [0.15, 0.2) is 0 Å². The minimum absolute atomic E-state index is 0.240. The van der Waals surface area contributed by atoms with Crippen LogP contribution in [0.25, 0.3) is 0 Å². The fraction of sp³-hybridized carbons (Fsp3) is 1.00. The van der Waals surface area contributed by atoms with Crippen LogP contribution < -0.4 is 16.8 Å². The van der Waals surface area contributed by atoms with Gasteiger partial charge in [0.25, 0.3) is 0 Å². The summed E-state index contributed by atoms with van der Waals surface area (Å²) in [6.45, 7) is 9.10. The topological polar surface area (TPSA) is 64.1 Å². The Bertz CT molecular complexity index is 492. The van der Waals surface area contributed by atoms with Gasteiger partial charge in [0.2, 0.25) is 0 Å². The third-order valence-electron chi connectivity index (χ3n) is 10.6. The lowest BCUT2D eigenvalue weighted by molar-refractivity contribution is 0.296. The van der Waals surface area contributed by atoms with E-state index >= 15 is 0 Å². The SMILES string of the molecule is CCCCCCCCCCCCCCCCCC(NC(CCCCCCCCCCCCCCCCC)C(N)CC)C(N)CC. The zero-order valence-corrected chi connectivity index (χ0v) is 32.0. The summed E-state index contributed by atoms with van der Waals surface area (Å²) in [6, 6.07) is 1.31. The summed E-state index contributed by atoms with van der Waals surface area (Å²) in [4.78, 5) is 0. The van der Waals surface area contributed by atoms with Crippen LogP contribution in [0.15, 0.2) is 0 Å².